The molecule has 0 saturated carbocycles. The van der Waals surface area contributed by atoms with E-state index in [1.807, 2.05) is 20.8 Å². The lowest BCUT2D eigenvalue weighted by atomic mass is 9.87. The number of aliphatic hydroxyl groups is 1. The fourth-order valence-corrected chi connectivity index (χ4v) is 2.16. The monoisotopic (exact) mass is 282 g/mol. The molecule has 114 valence electrons. The highest BCUT2D eigenvalue weighted by molar-refractivity contribution is 4.77. The highest BCUT2D eigenvalue weighted by atomic mass is 19.4. The Morgan fingerprint density at radius 2 is 1.47 bits per heavy atom. The lowest BCUT2D eigenvalue weighted by molar-refractivity contribution is -0.149. The first-order valence-corrected chi connectivity index (χ1v) is 6.77. The van der Waals surface area contributed by atoms with Crippen LogP contribution in [-0.2, 0) is 0 Å². The number of nitrogens with zero attached hydrogens (tertiary/aromatic N) is 2. The molecule has 1 fully saturated rings. The van der Waals surface area contributed by atoms with Crippen LogP contribution in [0.3, 0.4) is 0 Å². The van der Waals surface area contributed by atoms with Crippen molar-refractivity contribution in [2.75, 3.05) is 39.3 Å². The van der Waals surface area contributed by atoms with Gasteiger partial charge in [0.15, 0.2) is 0 Å². The van der Waals surface area contributed by atoms with Gasteiger partial charge in [0.25, 0.3) is 0 Å². The predicted molar refractivity (Wildman–Crippen MR) is 69.0 cm³/mol. The van der Waals surface area contributed by atoms with Crippen molar-refractivity contribution in [2.24, 2.45) is 5.41 Å². The van der Waals surface area contributed by atoms with Crippen LogP contribution in [0, 0.1) is 5.41 Å². The van der Waals surface area contributed by atoms with E-state index in [0.717, 1.165) is 6.54 Å². The smallest absolute Gasteiger partial charge is 0.393 e. The molecule has 19 heavy (non-hydrogen) atoms. The van der Waals surface area contributed by atoms with Gasteiger partial charge in [0.05, 0.1) is 12.6 Å². The Bertz CT molecular complexity index is 268. The second-order valence-electron chi connectivity index (χ2n) is 6.40. The molecule has 1 heterocycles. The summed E-state index contributed by atoms with van der Waals surface area (Å²) in [5, 5.41) is 9.94. The first-order valence-electron chi connectivity index (χ1n) is 6.77. The van der Waals surface area contributed by atoms with Crippen molar-refractivity contribution in [1.82, 2.24) is 9.80 Å². The largest absolute Gasteiger partial charge is 0.401 e. The summed E-state index contributed by atoms with van der Waals surface area (Å²) in [5.74, 6) is 0. The van der Waals surface area contributed by atoms with Crippen molar-refractivity contribution in [3.63, 3.8) is 0 Å². The first kappa shape index (κ1) is 16.7. The fraction of sp³-hybridized carbons (Fsp3) is 1.00. The van der Waals surface area contributed by atoms with E-state index in [9.17, 15) is 18.3 Å². The molecular weight excluding hydrogens is 257 g/mol. The van der Waals surface area contributed by atoms with Gasteiger partial charge in [-0.25, -0.2) is 0 Å². The normalized spacial score (nSPS) is 21.6. The predicted octanol–water partition coefficient (Wildman–Crippen LogP) is 1.96. The second kappa shape index (κ2) is 6.41. The number of rotatable bonds is 4. The van der Waals surface area contributed by atoms with Crippen molar-refractivity contribution < 1.29 is 18.3 Å². The molecule has 0 aromatic carbocycles. The van der Waals surface area contributed by atoms with Crippen LogP contribution < -0.4 is 0 Å². The molecule has 0 bridgehead atoms. The first-order chi connectivity index (χ1) is 8.58. The zero-order chi connectivity index (χ0) is 14.7. The number of alkyl halides is 3. The summed E-state index contributed by atoms with van der Waals surface area (Å²) in [6.07, 6.45) is -3.81. The highest BCUT2D eigenvalue weighted by Crippen LogP contribution is 2.22. The van der Waals surface area contributed by atoms with Crippen LogP contribution in [0.25, 0.3) is 0 Å². The van der Waals surface area contributed by atoms with Crippen molar-refractivity contribution in [2.45, 2.75) is 39.5 Å². The zero-order valence-corrected chi connectivity index (χ0v) is 12.0. The van der Waals surface area contributed by atoms with Gasteiger partial charge < -0.3 is 10.0 Å². The molecule has 1 atom stereocenters. The highest BCUT2D eigenvalue weighted by Gasteiger charge is 2.32. The van der Waals surface area contributed by atoms with Gasteiger partial charge in [0, 0.05) is 32.7 Å². The molecule has 3 nitrogen and oxygen atoms in total. The third-order valence-electron chi connectivity index (χ3n) is 3.59. The molecule has 1 aliphatic heterocycles. The molecular formula is C13H25F3N2O. The standard InChI is InChI=1S/C13H25F3N2O/c1-12(2,3)11(19)4-5-17-6-8-18(9-7-17)10-13(14,15)16/h11,19H,4-10H2,1-3H3. The SMILES string of the molecule is CC(C)(C)C(O)CCN1CCN(CC(F)(F)F)CC1. The molecule has 1 rings (SSSR count). The Hall–Kier alpha value is -0.330. The topological polar surface area (TPSA) is 26.7 Å². The molecule has 0 aromatic heterocycles. The Morgan fingerprint density at radius 1 is 1.00 bits per heavy atom. The summed E-state index contributed by atoms with van der Waals surface area (Å²) in [7, 11) is 0. The molecule has 0 aromatic rings. The average Bonchev–Trinajstić information content (AvgIpc) is 2.24. The third kappa shape index (κ3) is 6.58. The van der Waals surface area contributed by atoms with Gasteiger partial charge in [0.1, 0.15) is 0 Å². The number of aliphatic hydroxyl groups excluding tert-OH is 1. The minimum atomic E-state index is -4.11. The lowest BCUT2D eigenvalue weighted by Gasteiger charge is -2.36. The van der Waals surface area contributed by atoms with E-state index in [0.29, 0.717) is 32.6 Å². The lowest BCUT2D eigenvalue weighted by Crippen LogP contribution is -2.49. The van der Waals surface area contributed by atoms with Crippen molar-refractivity contribution >= 4 is 0 Å². The quantitative estimate of drug-likeness (QED) is 0.854. The summed E-state index contributed by atoms with van der Waals surface area (Å²) in [6.45, 7) is 8.08. The van der Waals surface area contributed by atoms with Crippen LogP contribution in [-0.4, -0.2) is 66.5 Å². The van der Waals surface area contributed by atoms with Crippen molar-refractivity contribution in [3.05, 3.63) is 0 Å². The Labute approximate surface area is 113 Å². The van der Waals surface area contributed by atoms with E-state index < -0.39 is 12.7 Å². The Kier molecular flexibility index (Phi) is 5.65. The maximum absolute atomic E-state index is 12.2. The summed E-state index contributed by atoms with van der Waals surface area (Å²) >= 11 is 0. The maximum Gasteiger partial charge on any atom is 0.401 e. The minimum Gasteiger partial charge on any atom is -0.393 e. The maximum atomic E-state index is 12.2. The summed E-state index contributed by atoms with van der Waals surface area (Å²) in [6, 6.07) is 0. The van der Waals surface area contributed by atoms with Crippen molar-refractivity contribution in [3.8, 4) is 0 Å². The van der Waals surface area contributed by atoms with Gasteiger partial charge in [-0.05, 0) is 11.8 Å². The zero-order valence-electron chi connectivity index (χ0n) is 12.0. The summed E-state index contributed by atoms with van der Waals surface area (Å²) < 4.78 is 36.7. The Morgan fingerprint density at radius 3 is 1.89 bits per heavy atom. The van der Waals surface area contributed by atoms with Crippen LogP contribution in [0.5, 0.6) is 0 Å². The molecule has 1 unspecified atom stereocenters. The van der Waals surface area contributed by atoms with Crippen LogP contribution in [0.1, 0.15) is 27.2 Å². The van der Waals surface area contributed by atoms with E-state index in [2.05, 4.69) is 4.90 Å². The van der Waals surface area contributed by atoms with Crippen LogP contribution in [0.2, 0.25) is 0 Å². The van der Waals surface area contributed by atoms with Gasteiger partial charge >= 0.3 is 6.18 Å². The molecule has 0 amide bonds. The second-order valence-corrected chi connectivity index (χ2v) is 6.40. The van der Waals surface area contributed by atoms with Crippen LogP contribution in [0.15, 0.2) is 0 Å². The minimum absolute atomic E-state index is 0.141. The van der Waals surface area contributed by atoms with E-state index in [-0.39, 0.29) is 11.5 Å². The summed E-state index contributed by atoms with van der Waals surface area (Å²) in [5.41, 5.74) is -0.141. The van der Waals surface area contributed by atoms with E-state index in [1.54, 1.807) is 0 Å². The number of hydrogen-bond acceptors (Lipinski definition) is 3. The van der Waals surface area contributed by atoms with E-state index in [1.165, 1.54) is 4.90 Å². The molecule has 0 spiro atoms. The third-order valence-corrected chi connectivity index (χ3v) is 3.59. The van der Waals surface area contributed by atoms with Gasteiger partial charge in [-0.15, -0.1) is 0 Å². The number of piperazine rings is 1. The Balaban J connectivity index is 2.24. The van der Waals surface area contributed by atoms with Gasteiger partial charge in [-0.3, -0.25) is 4.90 Å². The summed E-state index contributed by atoms with van der Waals surface area (Å²) in [4.78, 5) is 3.57. The van der Waals surface area contributed by atoms with Gasteiger partial charge in [-0.1, -0.05) is 20.8 Å². The average molecular weight is 282 g/mol. The number of hydrogen-bond donors (Lipinski definition) is 1. The molecule has 0 aliphatic carbocycles. The van der Waals surface area contributed by atoms with E-state index in [4.69, 9.17) is 0 Å². The number of halogens is 3. The molecule has 6 heteroatoms. The van der Waals surface area contributed by atoms with E-state index >= 15 is 0 Å². The molecule has 0 radical (unpaired) electrons. The fourth-order valence-electron chi connectivity index (χ4n) is 2.16. The van der Waals surface area contributed by atoms with Crippen LogP contribution in [0.4, 0.5) is 13.2 Å². The van der Waals surface area contributed by atoms with Crippen molar-refractivity contribution in [1.29, 1.82) is 0 Å². The molecule has 1 aliphatic rings. The van der Waals surface area contributed by atoms with Crippen LogP contribution >= 0.6 is 0 Å². The van der Waals surface area contributed by atoms with Gasteiger partial charge in [0.2, 0.25) is 0 Å². The molecule has 1 N–H and O–H groups in total. The molecule has 1 saturated heterocycles. The van der Waals surface area contributed by atoms with Gasteiger partial charge in [-0.2, -0.15) is 13.2 Å².